The highest BCUT2D eigenvalue weighted by atomic mass is 16.7. The molecule has 0 aliphatic carbocycles. The van der Waals surface area contributed by atoms with Gasteiger partial charge in [0.25, 0.3) is 0 Å². The van der Waals surface area contributed by atoms with Crippen LogP contribution in [0.25, 0.3) is 5.57 Å². The van der Waals surface area contributed by atoms with E-state index >= 15 is 0 Å². The predicted octanol–water partition coefficient (Wildman–Crippen LogP) is 1.97. The van der Waals surface area contributed by atoms with Gasteiger partial charge in [0.05, 0.1) is 0 Å². The van der Waals surface area contributed by atoms with E-state index in [-0.39, 0.29) is 0 Å². The summed E-state index contributed by atoms with van der Waals surface area (Å²) in [7, 11) is 0. The molecule has 0 radical (unpaired) electrons. The first-order chi connectivity index (χ1) is 17.2. The Labute approximate surface area is 212 Å². The minimum Gasteiger partial charge on any atom is -0.454 e. The third kappa shape index (κ3) is 13.1. The Bertz CT molecular complexity index is 753. The molecule has 1 aliphatic heterocycles. The molecule has 2 rings (SSSR count). The van der Waals surface area contributed by atoms with Crippen molar-refractivity contribution < 1.29 is 9.47 Å². The first kappa shape index (κ1) is 29.3. The smallest absolute Gasteiger partial charge is 0.231 e. The van der Waals surface area contributed by atoms with Crippen LogP contribution >= 0.6 is 0 Å². The minimum atomic E-state index is 0.300. The van der Waals surface area contributed by atoms with Crippen LogP contribution < -0.4 is 42.2 Å². The van der Waals surface area contributed by atoms with Gasteiger partial charge >= 0.3 is 0 Å². The lowest BCUT2D eigenvalue weighted by Crippen LogP contribution is -2.25. The van der Waals surface area contributed by atoms with E-state index in [0.717, 1.165) is 115 Å². The molecule has 0 unspecified atom stereocenters. The van der Waals surface area contributed by atoms with Crippen LogP contribution in [0.3, 0.4) is 0 Å². The van der Waals surface area contributed by atoms with E-state index in [9.17, 15) is 0 Å². The van der Waals surface area contributed by atoms with E-state index in [1.807, 2.05) is 6.07 Å². The molecule has 0 atom stereocenters. The summed E-state index contributed by atoms with van der Waals surface area (Å²) in [4.78, 5) is 0. The van der Waals surface area contributed by atoms with Gasteiger partial charge in [-0.2, -0.15) is 0 Å². The monoisotopic (exact) mass is 488 g/mol. The van der Waals surface area contributed by atoms with Gasteiger partial charge in [0, 0.05) is 6.54 Å². The number of benzene rings is 1. The van der Waals surface area contributed by atoms with Gasteiger partial charge in [0.1, 0.15) is 0 Å². The summed E-state index contributed by atoms with van der Waals surface area (Å²) in [5.74, 6) is 1.64. The van der Waals surface area contributed by atoms with Crippen molar-refractivity contribution in [2.75, 3.05) is 72.2 Å². The standard InChI is InChI=1S/C27H48N6O2/c1-23(25-8-9-26-27(20-25)35-22-34-26)19-24(21-33-18-6-17-32-14-4-11-29)7-2-12-30-15-5-16-31-13-3-10-28/h7-9,19-20,30-33H,2-6,10-18,21-22,28-29H2,1H3. The molecule has 0 aromatic heterocycles. The van der Waals surface area contributed by atoms with E-state index < -0.39 is 0 Å². The Morgan fingerprint density at radius 3 is 2.09 bits per heavy atom. The molecule has 0 bridgehead atoms. The van der Waals surface area contributed by atoms with Crippen LogP contribution in [0.15, 0.2) is 35.9 Å². The summed E-state index contributed by atoms with van der Waals surface area (Å²) in [5.41, 5.74) is 14.7. The zero-order valence-corrected chi connectivity index (χ0v) is 21.7. The van der Waals surface area contributed by atoms with E-state index in [1.54, 1.807) is 0 Å². The Kier molecular flexibility index (Phi) is 16.1. The van der Waals surface area contributed by atoms with Crippen molar-refractivity contribution >= 4 is 5.57 Å². The summed E-state index contributed by atoms with van der Waals surface area (Å²) in [6, 6.07) is 6.15. The molecule has 0 fully saturated rings. The van der Waals surface area contributed by atoms with Crippen LogP contribution in [0, 0.1) is 0 Å². The number of hydrogen-bond donors (Lipinski definition) is 6. The van der Waals surface area contributed by atoms with Crippen LogP contribution in [0.4, 0.5) is 0 Å². The number of rotatable bonds is 21. The summed E-state index contributed by atoms with van der Waals surface area (Å²) in [6.07, 6.45) is 9.93. The predicted molar refractivity (Wildman–Crippen MR) is 147 cm³/mol. The Balaban J connectivity index is 1.79. The van der Waals surface area contributed by atoms with Gasteiger partial charge in [-0.25, -0.2) is 0 Å². The first-order valence-electron chi connectivity index (χ1n) is 13.2. The zero-order chi connectivity index (χ0) is 25.0. The number of allylic oxidation sites excluding steroid dienone is 1. The summed E-state index contributed by atoms with van der Waals surface area (Å²) < 4.78 is 11.0. The first-order valence-corrected chi connectivity index (χ1v) is 13.2. The van der Waals surface area contributed by atoms with Gasteiger partial charge in [0.15, 0.2) is 11.5 Å². The highest BCUT2D eigenvalue weighted by molar-refractivity contribution is 5.69. The zero-order valence-electron chi connectivity index (χ0n) is 21.7. The molecular weight excluding hydrogens is 440 g/mol. The molecule has 1 aliphatic rings. The molecule has 0 spiro atoms. The number of nitrogens with one attached hydrogen (secondary N) is 4. The largest absolute Gasteiger partial charge is 0.454 e. The second kappa shape index (κ2) is 19.3. The van der Waals surface area contributed by atoms with E-state index in [4.69, 9.17) is 20.9 Å². The Hall–Kier alpha value is -1.94. The van der Waals surface area contributed by atoms with Crippen LogP contribution in [-0.2, 0) is 0 Å². The average molecular weight is 489 g/mol. The van der Waals surface area contributed by atoms with Gasteiger partial charge in [0.2, 0.25) is 6.79 Å². The molecule has 1 aromatic rings. The van der Waals surface area contributed by atoms with Gasteiger partial charge in [-0.15, -0.1) is 0 Å². The molecular formula is C27H48N6O2. The van der Waals surface area contributed by atoms with Crippen molar-refractivity contribution in [1.82, 2.24) is 21.3 Å². The maximum Gasteiger partial charge on any atom is 0.231 e. The number of nitrogens with two attached hydrogens (primary N) is 2. The minimum absolute atomic E-state index is 0.300. The van der Waals surface area contributed by atoms with Crippen LogP contribution in [0.1, 0.15) is 44.6 Å². The second-order valence-electron chi connectivity index (χ2n) is 8.88. The fourth-order valence-corrected chi connectivity index (χ4v) is 3.78. The molecule has 1 aromatic carbocycles. The van der Waals surface area contributed by atoms with Crippen molar-refractivity contribution in [2.24, 2.45) is 11.5 Å². The van der Waals surface area contributed by atoms with Gasteiger partial charge in [-0.1, -0.05) is 18.2 Å². The maximum absolute atomic E-state index is 5.55. The average Bonchev–Trinajstić information content (AvgIpc) is 3.34. The molecule has 198 valence electrons. The Morgan fingerprint density at radius 1 is 0.800 bits per heavy atom. The second-order valence-corrected chi connectivity index (χ2v) is 8.88. The lowest BCUT2D eigenvalue weighted by Gasteiger charge is -2.10. The summed E-state index contributed by atoms with van der Waals surface area (Å²) in [5, 5.41) is 14.0. The molecule has 0 amide bonds. The van der Waals surface area contributed by atoms with Gasteiger partial charge < -0.3 is 42.2 Å². The molecule has 0 saturated carbocycles. The normalized spacial score (nSPS) is 13.6. The summed E-state index contributed by atoms with van der Waals surface area (Å²) in [6.45, 7) is 11.9. The van der Waals surface area contributed by atoms with E-state index in [0.29, 0.717) is 6.79 Å². The van der Waals surface area contributed by atoms with Crippen molar-refractivity contribution in [3.8, 4) is 11.5 Å². The topological polar surface area (TPSA) is 119 Å². The SMILES string of the molecule is CC(=CC(=CCCNCCCNCCCN)CNCCCNCCCN)c1ccc2c(c1)OCO2. The molecule has 0 saturated heterocycles. The quantitative estimate of drug-likeness (QED) is 0.115. The van der Waals surface area contributed by atoms with Crippen LogP contribution in [0.2, 0.25) is 0 Å². The third-order valence-corrected chi connectivity index (χ3v) is 5.82. The highest BCUT2D eigenvalue weighted by Crippen LogP contribution is 2.34. The van der Waals surface area contributed by atoms with Crippen molar-refractivity contribution in [3.05, 3.63) is 41.5 Å². The van der Waals surface area contributed by atoms with E-state index in [1.165, 1.54) is 11.1 Å². The molecule has 8 nitrogen and oxygen atoms in total. The van der Waals surface area contributed by atoms with Crippen molar-refractivity contribution in [3.63, 3.8) is 0 Å². The summed E-state index contributed by atoms with van der Waals surface area (Å²) >= 11 is 0. The van der Waals surface area contributed by atoms with Gasteiger partial charge in [-0.05, 0) is 127 Å². The number of hydrogen-bond acceptors (Lipinski definition) is 8. The third-order valence-electron chi connectivity index (χ3n) is 5.82. The van der Waals surface area contributed by atoms with Gasteiger partial charge in [-0.3, -0.25) is 0 Å². The van der Waals surface area contributed by atoms with Crippen LogP contribution in [0.5, 0.6) is 11.5 Å². The Morgan fingerprint density at radius 2 is 1.40 bits per heavy atom. The maximum atomic E-state index is 5.55. The number of fused-ring (bicyclic) bond motifs is 1. The van der Waals surface area contributed by atoms with Crippen molar-refractivity contribution in [1.29, 1.82) is 0 Å². The lowest BCUT2D eigenvalue weighted by atomic mass is 10.0. The van der Waals surface area contributed by atoms with Crippen molar-refractivity contribution in [2.45, 2.75) is 39.0 Å². The van der Waals surface area contributed by atoms with E-state index in [2.05, 4.69) is 52.5 Å². The number of ether oxygens (including phenoxy) is 2. The molecule has 8 N–H and O–H groups in total. The van der Waals surface area contributed by atoms with Crippen LogP contribution in [-0.4, -0.2) is 72.2 Å². The fraction of sp³-hybridized carbons (Fsp3) is 0.630. The molecule has 35 heavy (non-hydrogen) atoms. The molecule has 1 heterocycles. The fourth-order valence-electron chi connectivity index (χ4n) is 3.78. The highest BCUT2D eigenvalue weighted by Gasteiger charge is 2.13. The lowest BCUT2D eigenvalue weighted by molar-refractivity contribution is 0.174. The molecule has 8 heteroatoms.